The van der Waals surface area contributed by atoms with Gasteiger partial charge in [0.15, 0.2) is 0 Å². The van der Waals surface area contributed by atoms with Crippen LogP contribution in [0.2, 0.25) is 0 Å². The van der Waals surface area contributed by atoms with Crippen molar-refractivity contribution in [3.05, 3.63) is 53.6 Å². The molecule has 2 aromatic rings. The summed E-state index contributed by atoms with van der Waals surface area (Å²) in [6, 6.07) is 14.7. The highest BCUT2D eigenvalue weighted by molar-refractivity contribution is 5.85. The van der Waals surface area contributed by atoms with Crippen molar-refractivity contribution in [2.75, 3.05) is 13.7 Å². The molecule has 0 saturated carbocycles. The SMILES string of the molecule is COc1ccc(-c2cc(C)ccc2CCN)cc1.Cl. The zero-order chi connectivity index (χ0) is 13.0. The summed E-state index contributed by atoms with van der Waals surface area (Å²) in [4.78, 5) is 0. The Morgan fingerprint density at radius 3 is 2.32 bits per heavy atom. The molecule has 2 N–H and O–H groups in total. The fourth-order valence-corrected chi connectivity index (χ4v) is 2.10. The van der Waals surface area contributed by atoms with Gasteiger partial charge in [0.05, 0.1) is 7.11 Å². The summed E-state index contributed by atoms with van der Waals surface area (Å²) < 4.78 is 5.19. The van der Waals surface area contributed by atoms with E-state index in [2.05, 4.69) is 37.3 Å². The zero-order valence-corrected chi connectivity index (χ0v) is 12.2. The maximum absolute atomic E-state index is 5.67. The van der Waals surface area contributed by atoms with Gasteiger partial charge in [0.25, 0.3) is 0 Å². The summed E-state index contributed by atoms with van der Waals surface area (Å²) in [5, 5.41) is 0. The lowest BCUT2D eigenvalue weighted by Crippen LogP contribution is -2.04. The monoisotopic (exact) mass is 277 g/mol. The van der Waals surface area contributed by atoms with Gasteiger partial charge in [0.2, 0.25) is 0 Å². The first-order valence-corrected chi connectivity index (χ1v) is 6.18. The van der Waals surface area contributed by atoms with Gasteiger partial charge in [-0.1, -0.05) is 35.9 Å². The van der Waals surface area contributed by atoms with Gasteiger partial charge in [-0.2, -0.15) is 0 Å². The molecule has 0 radical (unpaired) electrons. The van der Waals surface area contributed by atoms with E-state index in [-0.39, 0.29) is 12.4 Å². The third kappa shape index (κ3) is 3.72. The molecule has 0 saturated heterocycles. The molecular weight excluding hydrogens is 258 g/mol. The molecule has 0 atom stereocenters. The van der Waals surface area contributed by atoms with Crippen molar-refractivity contribution in [3.63, 3.8) is 0 Å². The van der Waals surface area contributed by atoms with Crippen LogP contribution in [0, 0.1) is 6.92 Å². The van der Waals surface area contributed by atoms with Crippen LogP contribution in [-0.4, -0.2) is 13.7 Å². The average Bonchev–Trinajstić information content (AvgIpc) is 2.41. The van der Waals surface area contributed by atoms with Crippen molar-refractivity contribution >= 4 is 12.4 Å². The summed E-state index contributed by atoms with van der Waals surface area (Å²) >= 11 is 0. The molecule has 0 heterocycles. The van der Waals surface area contributed by atoms with Crippen molar-refractivity contribution in [2.45, 2.75) is 13.3 Å². The molecular formula is C16H20ClNO. The van der Waals surface area contributed by atoms with E-state index in [1.165, 1.54) is 22.3 Å². The number of nitrogens with two attached hydrogens (primary N) is 1. The van der Waals surface area contributed by atoms with Gasteiger partial charge in [-0.15, -0.1) is 12.4 Å². The lowest BCUT2D eigenvalue weighted by atomic mass is 9.96. The number of hydrogen-bond donors (Lipinski definition) is 1. The Hall–Kier alpha value is -1.51. The summed E-state index contributed by atoms with van der Waals surface area (Å²) in [7, 11) is 1.68. The molecule has 3 heteroatoms. The van der Waals surface area contributed by atoms with Crippen molar-refractivity contribution in [3.8, 4) is 16.9 Å². The molecule has 19 heavy (non-hydrogen) atoms. The number of aryl methyl sites for hydroxylation is 1. The van der Waals surface area contributed by atoms with E-state index in [9.17, 15) is 0 Å². The Bertz CT molecular complexity index is 523. The molecule has 0 aliphatic rings. The number of rotatable bonds is 4. The number of ether oxygens (including phenoxy) is 1. The Labute approximate surface area is 121 Å². The van der Waals surface area contributed by atoms with Crippen LogP contribution >= 0.6 is 12.4 Å². The van der Waals surface area contributed by atoms with Crippen LogP contribution in [-0.2, 0) is 6.42 Å². The van der Waals surface area contributed by atoms with Crippen LogP contribution in [0.5, 0.6) is 5.75 Å². The van der Waals surface area contributed by atoms with Gasteiger partial charge in [0.1, 0.15) is 5.75 Å². The second-order valence-corrected chi connectivity index (χ2v) is 4.43. The smallest absolute Gasteiger partial charge is 0.118 e. The molecule has 0 bridgehead atoms. The predicted molar refractivity (Wildman–Crippen MR) is 83.2 cm³/mol. The molecule has 102 valence electrons. The maximum Gasteiger partial charge on any atom is 0.118 e. The van der Waals surface area contributed by atoms with Crippen LogP contribution in [0.4, 0.5) is 0 Å². The normalized spacial score (nSPS) is 9.84. The van der Waals surface area contributed by atoms with Gasteiger partial charge >= 0.3 is 0 Å². The van der Waals surface area contributed by atoms with E-state index in [0.717, 1.165) is 12.2 Å². The first-order valence-electron chi connectivity index (χ1n) is 6.18. The van der Waals surface area contributed by atoms with Gasteiger partial charge in [-0.25, -0.2) is 0 Å². The number of methoxy groups -OCH3 is 1. The highest BCUT2D eigenvalue weighted by atomic mass is 35.5. The van der Waals surface area contributed by atoms with E-state index >= 15 is 0 Å². The quantitative estimate of drug-likeness (QED) is 0.927. The van der Waals surface area contributed by atoms with Crippen LogP contribution in [0.25, 0.3) is 11.1 Å². The molecule has 0 aromatic heterocycles. The van der Waals surface area contributed by atoms with Gasteiger partial charge in [-0.05, 0) is 48.7 Å². The van der Waals surface area contributed by atoms with Crippen LogP contribution in [0.15, 0.2) is 42.5 Å². The predicted octanol–water partition coefficient (Wildman–Crippen LogP) is 3.59. The van der Waals surface area contributed by atoms with E-state index in [0.29, 0.717) is 6.54 Å². The average molecular weight is 278 g/mol. The van der Waals surface area contributed by atoms with Crippen molar-refractivity contribution in [1.82, 2.24) is 0 Å². The lowest BCUT2D eigenvalue weighted by Gasteiger charge is -2.11. The van der Waals surface area contributed by atoms with E-state index < -0.39 is 0 Å². The third-order valence-corrected chi connectivity index (χ3v) is 3.08. The zero-order valence-electron chi connectivity index (χ0n) is 11.3. The Kier molecular flexibility index (Phi) is 5.87. The van der Waals surface area contributed by atoms with Crippen molar-refractivity contribution < 1.29 is 4.74 Å². The molecule has 0 aliphatic heterocycles. The first-order chi connectivity index (χ1) is 8.74. The van der Waals surface area contributed by atoms with Crippen molar-refractivity contribution in [1.29, 1.82) is 0 Å². The minimum absolute atomic E-state index is 0. The Balaban J connectivity index is 0.00000180. The van der Waals surface area contributed by atoms with Crippen LogP contribution in [0.1, 0.15) is 11.1 Å². The number of halogens is 1. The number of benzene rings is 2. The first kappa shape index (κ1) is 15.5. The van der Waals surface area contributed by atoms with Gasteiger partial charge in [0, 0.05) is 0 Å². The molecule has 0 spiro atoms. The molecule has 0 aliphatic carbocycles. The molecule has 2 nitrogen and oxygen atoms in total. The largest absolute Gasteiger partial charge is 0.497 e. The van der Waals surface area contributed by atoms with Crippen LogP contribution in [0.3, 0.4) is 0 Å². The topological polar surface area (TPSA) is 35.2 Å². The molecule has 0 fully saturated rings. The van der Waals surface area contributed by atoms with Crippen molar-refractivity contribution in [2.24, 2.45) is 5.73 Å². The highest BCUT2D eigenvalue weighted by Crippen LogP contribution is 2.27. The molecule has 0 amide bonds. The lowest BCUT2D eigenvalue weighted by molar-refractivity contribution is 0.415. The maximum atomic E-state index is 5.67. The minimum atomic E-state index is 0. The van der Waals surface area contributed by atoms with Crippen LogP contribution < -0.4 is 10.5 Å². The summed E-state index contributed by atoms with van der Waals surface area (Å²) in [5.41, 5.74) is 10.7. The highest BCUT2D eigenvalue weighted by Gasteiger charge is 2.05. The molecule has 2 rings (SSSR count). The summed E-state index contributed by atoms with van der Waals surface area (Å²) in [6.45, 7) is 2.78. The summed E-state index contributed by atoms with van der Waals surface area (Å²) in [6.07, 6.45) is 0.904. The Morgan fingerprint density at radius 2 is 1.74 bits per heavy atom. The number of hydrogen-bond acceptors (Lipinski definition) is 2. The molecule has 0 unspecified atom stereocenters. The minimum Gasteiger partial charge on any atom is -0.497 e. The third-order valence-electron chi connectivity index (χ3n) is 3.08. The second-order valence-electron chi connectivity index (χ2n) is 4.43. The Morgan fingerprint density at radius 1 is 1.05 bits per heavy atom. The fourth-order valence-electron chi connectivity index (χ4n) is 2.10. The van der Waals surface area contributed by atoms with E-state index in [1.807, 2.05) is 12.1 Å². The van der Waals surface area contributed by atoms with E-state index in [4.69, 9.17) is 10.5 Å². The van der Waals surface area contributed by atoms with Gasteiger partial charge < -0.3 is 10.5 Å². The molecule has 2 aromatic carbocycles. The fraction of sp³-hybridized carbons (Fsp3) is 0.250. The second kappa shape index (κ2) is 7.17. The van der Waals surface area contributed by atoms with E-state index in [1.54, 1.807) is 7.11 Å². The summed E-state index contributed by atoms with van der Waals surface area (Å²) in [5.74, 6) is 0.881. The standard InChI is InChI=1S/C16H19NO.ClH/c1-12-3-4-14(9-10-17)16(11-12)13-5-7-15(18-2)8-6-13;/h3-8,11H,9-10,17H2,1-2H3;1H. The van der Waals surface area contributed by atoms with Gasteiger partial charge in [-0.3, -0.25) is 0 Å².